The first-order chi connectivity index (χ1) is 9.38. The van der Waals surface area contributed by atoms with Gasteiger partial charge in [0.15, 0.2) is 0 Å². The summed E-state index contributed by atoms with van der Waals surface area (Å²) in [6.07, 6.45) is 14.9. The van der Waals surface area contributed by atoms with Crippen LogP contribution in [0.3, 0.4) is 0 Å². The SMILES string of the molecule is CCCCCCCCCOCC1CCCCC1CN. The summed E-state index contributed by atoms with van der Waals surface area (Å²) in [5, 5.41) is 0. The lowest BCUT2D eigenvalue weighted by molar-refractivity contribution is 0.0589. The van der Waals surface area contributed by atoms with Crippen molar-refractivity contribution in [1.29, 1.82) is 0 Å². The molecular formula is C17H35NO. The van der Waals surface area contributed by atoms with Gasteiger partial charge in [-0.15, -0.1) is 0 Å². The van der Waals surface area contributed by atoms with Crippen LogP contribution in [0.1, 0.15) is 77.6 Å². The maximum absolute atomic E-state index is 5.88. The highest BCUT2D eigenvalue weighted by Gasteiger charge is 2.23. The monoisotopic (exact) mass is 269 g/mol. The number of hydrogen-bond donors (Lipinski definition) is 1. The van der Waals surface area contributed by atoms with Crippen LogP contribution in [0.15, 0.2) is 0 Å². The van der Waals surface area contributed by atoms with Gasteiger partial charge in [0, 0.05) is 13.2 Å². The lowest BCUT2D eigenvalue weighted by atomic mass is 9.80. The van der Waals surface area contributed by atoms with Gasteiger partial charge in [0.2, 0.25) is 0 Å². The van der Waals surface area contributed by atoms with E-state index >= 15 is 0 Å². The summed E-state index contributed by atoms with van der Waals surface area (Å²) in [5.74, 6) is 1.46. The van der Waals surface area contributed by atoms with Crippen molar-refractivity contribution in [3.8, 4) is 0 Å². The van der Waals surface area contributed by atoms with Crippen LogP contribution in [-0.2, 0) is 4.74 Å². The first kappa shape index (κ1) is 17.0. The Morgan fingerprint density at radius 3 is 2.21 bits per heavy atom. The first-order valence-electron chi connectivity index (χ1n) is 8.66. The molecule has 0 aromatic rings. The van der Waals surface area contributed by atoms with E-state index in [1.165, 1.54) is 70.6 Å². The molecule has 0 heterocycles. The van der Waals surface area contributed by atoms with Crippen LogP contribution in [0.2, 0.25) is 0 Å². The summed E-state index contributed by atoms with van der Waals surface area (Å²) in [6, 6.07) is 0. The van der Waals surface area contributed by atoms with Gasteiger partial charge >= 0.3 is 0 Å². The van der Waals surface area contributed by atoms with Gasteiger partial charge < -0.3 is 10.5 Å². The second kappa shape index (κ2) is 11.7. The fourth-order valence-corrected chi connectivity index (χ4v) is 3.21. The fourth-order valence-electron chi connectivity index (χ4n) is 3.21. The van der Waals surface area contributed by atoms with E-state index < -0.39 is 0 Å². The molecule has 2 atom stereocenters. The maximum atomic E-state index is 5.88. The average molecular weight is 269 g/mol. The van der Waals surface area contributed by atoms with Gasteiger partial charge in [0.25, 0.3) is 0 Å². The molecule has 1 rings (SSSR count). The molecule has 114 valence electrons. The number of unbranched alkanes of at least 4 members (excludes halogenated alkanes) is 6. The molecule has 0 aliphatic heterocycles. The lowest BCUT2D eigenvalue weighted by Crippen LogP contribution is -2.30. The van der Waals surface area contributed by atoms with Gasteiger partial charge in [-0.05, 0) is 37.6 Å². The van der Waals surface area contributed by atoms with Crippen molar-refractivity contribution >= 4 is 0 Å². The third-order valence-corrected chi connectivity index (χ3v) is 4.59. The molecule has 0 radical (unpaired) electrons. The van der Waals surface area contributed by atoms with Gasteiger partial charge in [-0.25, -0.2) is 0 Å². The van der Waals surface area contributed by atoms with E-state index in [0.29, 0.717) is 0 Å². The Bertz CT molecular complexity index is 196. The van der Waals surface area contributed by atoms with Gasteiger partial charge in [0.05, 0.1) is 0 Å². The Morgan fingerprint density at radius 1 is 0.895 bits per heavy atom. The van der Waals surface area contributed by atoms with Crippen molar-refractivity contribution in [3.05, 3.63) is 0 Å². The smallest absolute Gasteiger partial charge is 0.0497 e. The van der Waals surface area contributed by atoms with E-state index in [2.05, 4.69) is 6.92 Å². The minimum absolute atomic E-state index is 0.725. The molecule has 0 saturated heterocycles. The Hall–Kier alpha value is -0.0800. The van der Waals surface area contributed by atoms with E-state index in [1.54, 1.807) is 0 Å². The third kappa shape index (κ3) is 7.94. The predicted molar refractivity (Wildman–Crippen MR) is 83.3 cm³/mol. The maximum Gasteiger partial charge on any atom is 0.0497 e. The Labute approximate surface area is 120 Å². The van der Waals surface area contributed by atoms with Gasteiger partial charge in [-0.3, -0.25) is 0 Å². The molecule has 2 N–H and O–H groups in total. The predicted octanol–water partition coefficient (Wildman–Crippen LogP) is 4.52. The van der Waals surface area contributed by atoms with Crippen LogP contribution in [0.4, 0.5) is 0 Å². The molecule has 2 unspecified atom stereocenters. The highest BCUT2D eigenvalue weighted by Crippen LogP contribution is 2.29. The molecule has 0 aromatic heterocycles. The molecule has 2 nitrogen and oxygen atoms in total. The van der Waals surface area contributed by atoms with Gasteiger partial charge in [0.1, 0.15) is 0 Å². The molecule has 0 bridgehead atoms. The minimum atomic E-state index is 0.725. The minimum Gasteiger partial charge on any atom is -0.381 e. The molecule has 2 heteroatoms. The van der Waals surface area contributed by atoms with Crippen molar-refractivity contribution in [2.75, 3.05) is 19.8 Å². The van der Waals surface area contributed by atoms with Crippen LogP contribution >= 0.6 is 0 Å². The standard InChI is InChI=1S/C17H35NO/c1-2-3-4-5-6-7-10-13-19-15-17-12-9-8-11-16(17)14-18/h16-17H,2-15,18H2,1H3. The van der Waals surface area contributed by atoms with Crippen LogP contribution in [0.25, 0.3) is 0 Å². The van der Waals surface area contributed by atoms with Crippen molar-refractivity contribution < 1.29 is 4.74 Å². The number of nitrogens with two attached hydrogens (primary N) is 1. The lowest BCUT2D eigenvalue weighted by Gasteiger charge is -2.30. The fraction of sp³-hybridized carbons (Fsp3) is 1.00. The van der Waals surface area contributed by atoms with E-state index in [-0.39, 0.29) is 0 Å². The van der Waals surface area contributed by atoms with Crippen molar-refractivity contribution in [3.63, 3.8) is 0 Å². The van der Waals surface area contributed by atoms with Crippen molar-refractivity contribution in [2.45, 2.75) is 77.6 Å². The molecule has 1 saturated carbocycles. The molecule has 1 fully saturated rings. The normalized spacial score (nSPS) is 23.7. The van der Waals surface area contributed by atoms with Gasteiger partial charge in [-0.1, -0.05) is 58.3 Å². The Balaban J connectivity index is 1.89. The van der Waals surface area contributed by atoms with E-state index in [0.717, 1.165) is 31.6 Å². The molecule has 0 aromatic carbocycles. The zero-order valence-corrected chi connectivity index (χ0v) is 13.0. The summed E-state index contributed by atoms with van der Waals surface area (Å²) in [6.45, 7) is 5.04. The van der Waals surface area contributed by atoms with Crippen molar-refractivity contribution in [2.24, 2.45) is 17.6 Å². The molecule has 1 aliphatic carbocycles. The summed E-state index contributed by atoms with van der Waals surface area (Å²) in [5.41, 5.74) is 5.85. The van der Waals surface area contributed by atoms with Crippen LogP contribution < -0.4 is 5.73 Å². The highest BCUT2D eigenvalue weighted by atomic mass is 16.5. The number of ether oxygens (including phenoxy) is 1. The first-order valence-corrected chi connectivity index (χ1v) is 8.66. The van der Waals surface area contributed by atoms with E-state index in [1.807, 2.05) is 0 Å². The second-order valence-corrected chi connectivity index (χ2v) is 6.24. The van der Waals surface area contributed by atoms with Crippen molar-refractivity contribution in [1.82, 2.24) is 0 Å². The van der Waals surface area contributed by atoms with Crippen LogP contribution in [-0.4, -0.2) is 19.8 Å². The van der Waals surface area contributed by atoms with Crippen LogP contribution in [0, 0.1) is 11.8 Å². The molecule has 0 amide bonds. The number of rotatable bonds is 11. The molecular weight excluding hydrogens is 234 g/mol. The number of hydrogen-bond acceptors (Lipinski definition) is 2. The summed E-state index contributed by atoms with van der Waals surface area (Å²) in [7, 11) is 0. The zero-order chi connectivity index (χ0) is 13.8. The zero-order valence-electron chi connectivity index (χ0n) is 13.0. The molecule has 1 aliphatic rings. The summed E-state index contributed by atoms with van der Waals surface area (Å²) in [4.78, 5) is 0. The Morgan fingerprint density at radius 2 is 1.53 bits per heavy atom. The summed E-state index contributed by atoms with van der Waals surface area (Å²) < 4.78 is 5.88. The van der Waals surface area contributed by atoms with E-state index in [9.17, 15) is 0 Å². The van der Waals surface area contributed by atoms with E-state index in [4.69, 9.17) is 10.5 Å². The van der Waals surface area contributed by atoms with Gasteiger partial charge in [-0.2, -0.15) is 0 Å². The summed E-state index contributed by atoms with van der Waals surface area (Å²) >= 11 is 0. The average Bonchev–Trinajstić information content (AvgIpc) is 2.46. The molecule has 0 spiro atoms. The molecule has 19 heavy (non-hydrogen) atoms. The largest absolute Gasteiger partial charge is 0.381 e. The second-order valence-electron chi connectivity index (χ2n) is 6.24. The van der Waals surface area contributed by atoms with Crippen LogP contribution in [0.5, 0.6) is 0 Å². The highest BCUT2D eigenvalue weighted by molar-refractivity contribution is 4.75. The quantitative estimate of drug-likeness (QED) is 0.560. The Kier molecular flexibility index (Phi) is 10.5. The third-order valence-electron chi connectivity index (χ3n) is 4.59. The topological polar surface area (TPSA) is 35.2 Å².